The van der Waals surface area contributed by atoms with Crippen molar-refractivity contribution in [3.8, 4) is 0 Å². The molecule has 1 aromatic heterocycles. The first kappa shape index (κ1) is 13.5. The van der Waals surface area contributed by atoms with Crippen LogP contribution in [0.3, 0.4) is 0 Å². The predicted octanol–water partition coefficient (Wildman–Crippen LogP) is 1.62. The van der Waals surface area contributed by atoms with Crippen molar-refractivity contribution in [1.29, 1.82) is 0 Å². The minimum atomic E-state index is -0.524. The van der Waals surface area contributed by atoms with Crippen molar-refractivity contribution in [3.63, 3.8) is 0 Å². The van der Waals surface area contributed by atoms with E-state index < -0.39 is 6.09 Å². The average Bonchev–Trinajstić information content (AvgIpc) is 2.80. The minimum absolute atomic E-state index is 0.0115. The van der Waals surface area contributed by atoms with E-state index in [1.165, 1.54) is 19.1 Å². The number of thiophene rings is 1. The summed E-state index contributed by atoms with van der Waals surface area (Å²) in [6.07, 6.45) is -0.524. The Hall–Kier alpha value is -1.56. The zero-order valence-electron chi connectivity index (χ0n) is 10.1. The maximum absolute atomic E-state index is 11.6. The van der Waals surface area contributed by atoms with Crippen LogP contribution in [0.15, 0.2) is 17.5 Å². The number of likely N-dealkylation sites (N-methyl/N-ethyl adjacent to an activating group) is 1. The van der Waals surface area contributed by atoms with Crippen LogP contribution in [0.5, 0.6) is 0 Å². The van der Waals surface area contributed by atoms with Crippen molar-refractivity contribution < 1.29 is 14.3 Å². The van der Waals surface area contributed by atoms with Crippen LogP contribution in [0.1, 0.15) is 17.8 Å². The number of rotatable bonds is 4. The molecule has 94 valence electrons. The topological polar surface area (TPSA) is 58.6 Å². The van der Waals surface area contributed by atoms with E-state index in [2.05, 4.69) is 10.1 Å². The Balaban J connectivity index is 2.42. The Morgan fingerprint density at radius 3 is 2.82 bits per heavy atom. The first-order valence-corrected chi connectivity index (χ1v) is 6.04. The van der Waals surface area contributed by atoms with Gasteiger partial charge < -0.3 is 15.0 Å². The van der Waals surface area contributed by atoms with E-state index in [1.54, 1.807) is 11.3 Å². The molecule has 0 aliphatic rings. The highest BCUT2D eigenvalue weighted by molar-refractivity contribution is 7.10. The number of hydrogen-bond acceptors (Lipinski definition) is 4. The minimum Gasteiger partial charge on any atom is -0.453 e. The SMILES string of the molecule is COC(=O)N(C)CC(=O)N[C@H](C)c1cccs1. The van der Waals surface area contributed by atoms with Gasteiger partial charge in [-0.15, -0.1) is 11.3 Å². The number of hydrogen-bond donors (Lipinski definition) is 1. The third-order valence-corrected chi connectivity index (χ3v) is 3.27. The van der Waals surface area contributed by atoms with Gasteiger partial charge in [0, 0.05) is 11.9 Å². The van der Waals surface area contributed by atoms with Gasteiger partial charge in [-0.1, -0.05) is 6.07 Å². The Bertz CT molecular complexity index is 378. The largest absolute Gasteiger partial charge is 0.453 e. The fraction of sp³-hybridized carbons (Fsp3) is 0.455. The van der Waals surface area contributed by atoms with Gasteiger partial charge in [0.05, 0.1) is 13.2 Å². The van der Waals surface area contributed by atoms with E-state index in [0.29, 0.717) is 0 Å². The second-order valence-corrected chi connectivity index (χ2v) is 4.61. The number of nitrogens with zero attached hydrogens (tertiary/aromatic N) is 1. The molecule has 1 atom stereocenters. The number of methoxy groups -OCH3 is 1. The average molecular weight is 256 g/mol. The lowest BCUT2D eigenvalue weighted by molar-refractivity contribution is -0.122. The Morgan fingerprint density at radius 1 is 1.59 bits per heavy atom. The quantitative estimate of drug-likeness (QED) is 0.890. The van der Waals surface area contributed by atoms with Gasteiger partial charge in [0.1, 0.15) is 6.54 Å². The summed E-state index contributed by atoms with van der Waals surface area (Å²) in [7, 11) is 2.80. The molecule has 0 aromatic carbocycles. The number of nitrogens with one attached hydrogen (secondary N) is 1. The van der Waals surface area contributed by atoms with E-state index in [-0.39, 0.29) is 18.5 Å². The smallest absolute Gasteiger partial charge is 0.409 e. The molecule has 0 radical (unpaired) electrons. The molecule has 0 aliphatic carbocycles. The Labute approximate surface area is 104 Å². The lowest BCUT2D eigenvalue weighted by atomic mass is 10.3. The molecule has 0 unspecified atom stereocenters. The molecular formula is C11H16N2O3S. The maximum atomic E-state index is 11.6. The Morgan fingerprint density at radius 2 is 2.29 bits per heavy atom. The van der Waals surface area contributed by atoms with Crippen molar-refractivity contribution in [3.05, 3.63) is 22.4 Å². The predicted molar refractivity (Wildman–Crippen MR) is 65.9 cm³/mol. The van der Waals surface area contributed by atoms with Crippen LogP contribution in [0.4, 0.5) is 4.79 Å². The van der Waals surface area contributed by atoms with Crippen molar-refractivity contribution in [2.45, 2.75) is 13.0 Å². The van der Waals surface area contributed by atoms with Gasteiger partial charge in [0.15, 0.2) is 0 Å². The summed E-state index contributed by atoms with van der Waals surface area (Å²) >= 11 is 1.58. The molecule has 0 bridgehead atoms. The molecule has 1 aromatic rings. The van der Waals surface area contributed by atoms with E-state index in [9.17, 15) is 9.59 Å². The highest BCUT2D eigenvalue weighted by atomic mass is 32.1. The molecule has 17 heavy (non-hydrogen) atoms. The first-order valence-electron chi connectivity index (χ1n) is 5.16. The van der Waals surface area contributed by atoms with E-state index in [1.807, 2.05) is 24.4 Å². The van der Waals surface area contributed by atoms with Gasteiger partial charge >= 0.3 is 6.09 Å². The summed E-state index contributed by atoms with van der Waals surface area (Å²) in [5, 5.41) is 4.77. The monoisotopic (exact) mass is 256 g/mol. The van der Waals surface area contributed by atoms with E-state index in [0.717, 1.165) is 4.88 Å². The fourth-order valence-corrected chi connectivity index (χ4v) is 2.07. The van der Waals surface area contributed by atoms with Gasteiger partial charge in [0.25, 0.3) is 0 Å². The van der Waals surface area contributed by atoms with Crippen LogP contribution in [0, 0.1) is 0 Å². The van der Waals surface area contributed by atoms with E-state index in [4.69, 9.17) is 0 Å². The van der Waals surface area contributed by atoms with Crippen molar-refractivity contribution in [2.75, 3.05) is 20.7 Å². The number of amides is 2. The highest BCUT2D eigenvalue weighted by Crippen LogP contribution is 2.17. The van der Waals surface area contributed by atoms with Gasteiger partial charge in [-0.25, -0.2) is 4.79 Å². The summed E-state index contributed by atoms with van der Waals surface area (Å²) < 4.78 is 4.50. The zero-order chi connectivity index (χ0) is 12.8. The van der Waals surface area contributed by atoms with Crippen LogP contribution >= 0.6 is 11.3 Å². The normalized spacial score (nSPS) is 11.7. The number of ether oxygens (including phenoxy) is 1. The number of carbonyl (C=O) groups excluding carboxylic acids is 2. The summed E-state index contributed by atoms with van der Waals surface area (Å²) in [6, 6.07) is 3.84. The lowest BCUT2D eigenvalue weighted by Crippen LogP contribution is -2.39. The van der Waals surface area contributed by atoms with Crippen LogP contribution in [-0.4, -0.2) is 37.6 Å². The third kappa shape index (κ3) is 4.07. The molecule has 1 rings (SSSR count). The Kier molecular flexibility index (Phi) is 4.96. The van der Waals surface area contributed by atoms with E-state index >= 15 is 0 Å². The summed E-state index contributed by atoms with van der Waals surface area (Å²) in [5.74, 6) is -0.209. The highest BCUT2D eigenvalue weighted by Gasteiger charge is 2.15. The van der Waals surface area contributed by atoms with Crippen LogP contribution in [-0.2, 0) is 9.53 Å². The summed E-state index contributed by atoms with van der Waals surface area (Å²) in [6.45, 7) is 1.89. The second kappa shape index (κ2) is 6.24. The zero-order valence-corrected chi connectivity index (χ0v) is 10.9. The van der Waals surface area contributed by atoms with Crippen molar-refractivity contribution in [1.82, 2.24) is 10.2 Å². The molecule has 6 heteroatoms. The second-order valence-electron chi connectivity index (χ2n) is 3.63. The molecule has 0 saturated heterocycles. The van der Waals surface area contributed by atoms with Gasteiger partial charge in [-0.05, 0) is 18.4 Å². The summed E-state index contributed by atoms with van der Waals surface area (Å²) in [5.41, 5.74) is 0. The summed E-state index contributed by atoms with van der Waals surface area (Å²) in [4.78, 5) is 25.0. The van der Waals surface area contributed by atoms with Gasteiger partial charge in [-0.2, -0.15) is 0 Å². The maximum Gasteiger partial charge on any atom is 0.409 e. The third-order valence-electron chi connectivity index (χ3n) is 2.21. The molecule has 0 fully saturated rings. The fourth-order valence-electron chi connectivity index (χ4n) is 1.33. The molecule has 0 saturated carbocycles. The first-order chi connectivity index (χ1) is 8.04. The lowest BCUT2D eigenvalue weighted by Gasteiger charge is -2.17. The molecule has 5 nitrogen and oxygen atoms in total. The van der Waals surface area contributed by atoms with Crippen molar-refractivity contribution >= 4 is 23.3 Å². The number of carbonyl (C=O) groups is 2. The molecule has 1 N–H and O–H groups in total. The van der Waals surface area contributed by atoms with Crippen LogP contribution in [0.2, 0.25) is 0 Å². The molecular weight excluding hydrogens is 240 g/mol. The van der Waals surface area contributed by atoms with Gasteiger partial charge in [-0.3, -0.25) is 4.79 Å². The molecule has 0 spiro atoms. The van der Waals surface area contributed by atoms with Crippen LogP contribution < -0.4 is 5.32 Å². The van der Waals surface area contributed by atoms with Crippen molar-refractivity contribution in [2.24, 2.45) is 0 Å². The standard InChI is InChI=1S/C11H16N2O3S/c1-8(9-5-4-6-17-9)12-10(14)7-13(2)11(15)16-3/h4-6,8H,7H2,1-3H3,(H,12,14)/t8-/m1/s1. The van der Waals surface area contributed by atoms with Crippen LogP contribution in [0.25, 0.3) is 0 Å². The molecule has 2 amide bonds. The van der Waals surface area contributed by atoms with Gasteiger partial charge in [0.2, 0.25) is 5.91 Å². The molecule has 1 heterocycles. The molecule has 0 aliphatic heterocycles.